The van der Waals surface area contributed by atoms with Crippen molar-refractivity contribution in [3.8, 4) is 0 Å². The molecule has 1 amide bonds. The Morgan fingerprint density at radius 1 is 1.52 bits per heavy atom. The molecule has 0 unspecified atom stereocenters. The molecule has 0 aliphatic carbocycles. The van der Waals surface area contributed by atoms with Crippen LogP contribution in [0.5, 0.6) is 0 Å². The van der Waals surface area contributed by atoms with Gasteiger partial charge in [-0.05, 0) is 38.3 Å². The summed E-state index contributed by atoms with van der Waals surface area (Å²) >= 11 is 1.42. The number of nitrogens with one attached hydrogen (secondary N) is 2. The third-order valence-electron chi connectivity index (χ3n) is 3.74. The molecular formula is C14H19N5OS. The number of carbonyl (C=O) groups excluding carboxylic acids is 1. The van der Waals surface area contributed by atoms with Crippen molar-refractivity contribution in [1.29, 1.82) is 0 Å². The quantitative estimate of drug-likeness (QED) is 0.901. The lowest BCUT2D eigenvalue weighted by Gasteiger charge is -2.21. The van der Waals surface area contributed by atoms with Gasteiger partial charge in [-0.2, -0.15) is 5.10 Å². The highest BCUT2D eigenvalue weighted by Gasteiger charge is 2.21. The Morgan fingerprint density at radius 2 is 2.33 bits per heavy atom. The summed E-state index contributed by atoms with van der Waals surface area (Å²) in [7, 11) is 1.85. The average molecular weight is 305 g/mol. The fraction of sp³-hybridized carbons (Fsp3) is 0.500. The lowest BCUT2D eigenvalue weighted by atomic mass is 9.92. The first-order valence-electron chi connectivity index (χ1n) is 7.16. The summed E-state index contributed by atoms with van der Waals surface area (Å²) in [6.07, 6.45) is 6.62. The number of anilines is 1. The van der Waals surface area contributed by atoms with E-state index in [-0.39, 0.29) is 5.91 Å². The van der Waals surface area contributed by atoms with Crippen LogP contribution < -0.4 is 10.6 Å². The van der Waals surface area contributed by atoms with Gasteiger partial charge in [0.1, 0.15) is 0 Å². The molecule has 7 heteroatoms. The van der Waals surface area contributed by atoms with E-state index >= 15 is 0 Å². The Balaban J connectivity index is 1.73. The molecule has 6 nitrogen and oxygen atoms in total. The number of hydrogen-bond donors (Lipinski definition) is 2. The van der Waals surface area contributed by atoms with Gasteiger partial charge in [0.15, 0.2) is 5.13 Å². The van der Waals surface area contributed by atoms with Gasteiger partial charge >= 0.3 is 0 Å². The molecule has 2 N–H and O–H groups in total. The molecule has 0 atom stereocenters. The van der Waals surface area contributed by atoms with E-state index in [4.69, 9.17) is 0 Å². The smallest absolute Gasteiger partial charge is 0.260 e. The SMILES string of the molecule is Cn1cc(C(=O)Nc2nccs2)c(CC2CCNCC2)n1. The second kappa shape index (κ2) is 6.36. The molecule has 3 rings (SSSR count). The Morgan fingerprint density at radius 3 is 3.05 bits per heavy atom. The van der Waals surface area contributed by atoms with E-state index in [1.807, 2.05) is 12.4 Å². The molecule has 0 spiro atoms. The van der Waals surface area contributed by atoms with Crippen LogP contribution in [0.4, 0.5) is 5.13 Å². The molecule has 0 aromatic carbocycles. The van der Waals surface area contributed by atoms with Crippen LogP contribution in [0.2, 0.25) is 0 Å². The minimum atomic E-state index is -0.123. The minimum absolute atomic E-state index is 0.123. The van der Waals surface area contributed by atoms with E-state index in [9.17, 15) is 4.79 Å². The molecular weight excluding hydrogens is 286 g/mol. The van der Waals surface area contributed by atoms with Crippen LogP contribution in [-0.4, -0.2) is 33.8 Å². The van der Waals surface area contributed by atoms with E-state index in [0.717, 1.165) is 38.0 Å². The normalized spacial score (nSPS) is 16.0. The average Bonchev–Trinajstić information content (AvgIpc) is 3.10. The highest BCUT2D eigenvalue weighted by molar-refractivity contribution is 7.13. The number of hydrogen-bond acceptors (Lipinski definition) is 5. The Hall–Kier alpha value is -1.73. The fourth-order valence-electron chi connectivity index (χ4n) is 2.68. The summed E-state index contributed by atoms with van der Waals surface area (Å²) in [5.41, 5.74) is 1.55. The molecule has 2 aromatic heterocycles. The van der Waals surface area contributed by atoms with Gasteiger partial charge in [0.25, 0.3) is 5.91 Å². The highest BCUT2D eigenvalue weighted by atomic mass is 32.1. The maximum atomic E-state index is 12.4. The van der Waals surface area contributed by atoms with Crippen LogP contribution in [0.15, 0.2) is 17.8 Å². The van der Waals surface area contributed by atoms with Gasteiger partial charge in [-0.3, -0.25) is 14.8 Å². The molecule has 1 aliphatic rings. The van der Waals surface area contributed by atoms with Crippen LogP contribution in [0.25, 0.3) is 0 Å². The molecule has 1 aliphatic heterocycles. The van der Waals surface area contributed by atoms with E-state index < -0.39 is 0 Å². The minimum Gasteiger partial charge on any atom is -0.317 e. The zero-order valence-corrected chi connectivity index (χ0v) is 12.8. The van der Waals surface area contributed by atoms with Crippen molar-refractivity contribution in [2.75, 3.05) is 18.4 Å². The number of carbonyl (C=O) groups is 1. The summed E-state index contributed by atoms with van der Waals surface area (Å²) in [5.74, 6) is 0.481. The Labute approximate surface area is 127 Å². The summed E-state index contributed by atoms with van der Waals surface area (Å²) in [4.78, 5) is 16.5. The Bertz CT molecular complexity index is 601. The molecule has 0 bridgehead atoms. The monoisotopic (exact) mass is 305 g/mol. The first-order valence-corrected chi connectivity index (χ1v) is 8.04. The van der Waals surface area contributed by atoms with Gasteiger partial charge in [-0.1, -0.05) is 0 Å². The molecule has 1 fully saturated rings. The number of thiazole rings is 1. The van der Waals surface area contributed by atoms with Crippen LogP contribution >= 0.6 is 11.3 Å². The maximum absolute atomic E-state index is 12.4. The molecule has 21 heavy (non-hydrogen) atoms. The van der Waals surface area contributed by atoms with E-state index in [0.29, 0.717) is 16.6 Å². The lowest BCUT2D eigenvalue weighted by molar-refractivity contribution is 0.102. The van der Waals surface area contributed by atoms with Crippen molar-refractivity contribution < 1.29 is 4.79 Å². The van der Waals surface area contributed by atoms with Gasteiger partial charge in [-0.15, -0.1) is 11.3 Å². The van der Waals surface area contributed by atoms with E-state index in [2.05, 4.69) is 20.7 Å². The number of amides is 1. The van der Waals surface area contributed by atoms with Crippen molar-refractivity contribution in [3.05, 3.63) is 29.0 Å². The number of rotatable bonds is 4. The van der Waals surface area contributed by atoms with Gasteiger partial charge in [-0.25, -0.2) is 4.98 Å². The maximum Gasteiger partial charge on any atom is 0.260 e. The van der Waals surface area contributed by atoms with Crippen molar-refractivity contribution in [3.63, 3.8) is 0 Å². The first kappa shape index (κ1) is 14.2. The van der Waals surface area contributed by atoms with Crippen molar-refractivity contribution in [2.24, 2.45) is 13.0 Å². The van der Waals surface area contributed by atoms with Gasteiger partial charge in [0, 0.05) is 24.8 Å². The predicted octanol–water partition coefficient (Wildman–Crippen LogP) is 1.67. The number of aryl methyl sites for hydroxylation is 1. The standard InChI is InChI=1S/C14H19N5OS/c1-19-9-11(13(20)17-14-16-6-7-21-14)12(18-19)8-10-2-4-15-5-3-10/h6-7,9-10,15H,2-5,8H2,1H3,(H,16,17,20). The van der Waals surface area contributed by atoms with Gasteiger partial charge in [0.2, 0.25) is 0 Å². The van der Waals surface area contributed by atoms with E-state index in [1.54, 1.807) is 17.1 Å². The van der Waals surface area contributed by atoms with Crippen molar-refractivity contribution in [1.82, 2.24) is 20.1 Å². The molecule has 1 saturated heterocycles. The summed E-state index contributed by atoms with van der Waals surface area (Å²) in [5, 5.41) is 13.1. The second-order valence-corrected chi connectivity index (χ2v) is 6.25. The van der Waals surface area contributed by atoms with Crippen LogP contribution in [0, 0.1) is 5.92 Å². The highest BCUT2D eigenvalue weighted by Crippen LogP contribution is 2.20. The van der Waals surface area contributed by atoms with E-state index in [1.165, 1.54) is 11.3 Å². The summed E-state index contributed by atoms with van der Waals surface area (Å²) < 4.78 is 1.72. The largest absolute Gasteiger partial charge is 0.317 e. The zero-order chi connectivity index (χ0) is 14.7. The van der Waals surface area contributed by atoms with Crippen LogP contribution in [0.1, 0.15) is 28.9 Å². The van der Waals surface area contributed by atoms with Crippen LogP contribution in [0.3, 0.4) is 0 Å². The second-order valence-electron chi connectivity index (χ2n) is 5.35. The molecule has 2 aromatic rings. The molecule has 0 radical (unpaired) electrons. The fourth-order valence-corrected chi connectivity index (χ4v) is 3.21. The lowest BCUT2D eigenvalue weighted by Crippen LogP contribution is -2.29. The van der Waals surface area contributed by atoms with Crippen LogP contribution in [-0.2, 0) is 13.5 Å². The van der Waals surface area contributed by atoms with Gasteiger partial charge in [0.05, 0.1) is 11.3 Å². The molecule has 0 saturated carbocycles. The molecule has 3 heterocycles. The van der Waals surface area contributed by atoms with Crippen molar-refractivity contribution >= 4 is 22.4 Å². The first-order chi connectivity index (χ1) is 10.2. The predicted molar refractivity (Wildman–Crippen MR) is 82.6 cm³/mol. The third-order valence-corrected chi connectivity index (χ3v) is 4.43. The van der Waals surface area contributed by atoms with Gasteiger partial charge < -0.3 is 5.32 Å². The zero-order valence-electron chi connectivity index (χ0n) is 12.0. The third kappa shape index (κ3) is 3.48. The summed E-state index contributed by atoms with van der Waals surface area (Å²) in [6.45, 7) is 2.11. The number of piperidine rings is 1. The number of nitrogens with zero attached hydrogens (tertiary/aromatic N) is 3. The summed E-state index contributed by atoms with van der Waals surface area (Å²) in [6, 6.07) is 0. The topological polar surface area (TPSA) is 71.8 Å². The number of aromatic nitrogens is 3. The molecule has 112 valence electrons. The Kier molecular flexibility index (Phi) is 4.31. The van der Waals surface area contributed by atoms with Crippen molar-refractivity contribution in [2.45, 2.75) is 19.3 Å².